The molecule has 0 heterocycles. The highest BCUT2D eigenvalue weighted by Gasteiger charge is 2.54. The molecule has 328 valence electrons. The van der Waals surface area contributed by atoms with Gasteiger partial charge in [0.2, 0.25) is 0 Å². The van der Waals surface area contributed by atoms with Crippen molar-refractivity contribution in [2.24, 2.45) is 22.7 Å². The molecular formula is C52H96O4. The monoisotopic (exact) mass is 785 g/mol. The average Bonchev–Trinajstić information content (AvgIpc) is 3.17. The second-order valence-electron chi connectivity index (χ2n) is 19.7. The first kappa shape index (κ1) is 51.0. The molecule has 0 aromatic heterocycles. The second-order valence-corrected chi connectivity index (χ2v) is 19.7. The molecule has 2 aliphatic rings. The van der Waals surface area contributed by atoms with Gasteiger partial charge >= 0.3 is 5.97 Å². The van der Waals surface area contributed by atoms with E-state index in [2.05, 4.69) is 46.8 Å². The number of hydrogen-bond acceptors (Lipinski definition) is 4. The van der Waals surface area contributed by atoms with Crippen LogP contribution in [0, 0.1) is 22.7 Å². The van der Waals surface area contributed by atoms with Gasteiger partial charge in [-0.25, -0.2) is 0 Å². The number of aliphatic hydroxyl groups is 2. The van der Waals surface area contributed by atoms with E-state index >= 15 is 0 Å². The minimum atomic E-state index is -0.199. The SMILES string of the molecule is CC(=CCOC(=O)CCCCCCCCCCCCCCCCCCCCCCCCCCCCCCCO)CCC1C(C)=CCC2C(C)(C)C(O)CCC12C. The summed E-state index contributed by atoms with van der Waals surface area (Å²) in [5, 5.41) is 19.6. The minimum absolute atomic E-state index is 0.0383. The topological polar surface area (TPSA) is 66.8 Å². The molecule has 1 saturated carbocycles. The summed E-state index contributed by atoms with van der Waals surface area (Å²) in [6.07, 6.45) is 49.6. The van der Waals surface area contributed by atoms with E-state index in [9.17, 15) is 9.90 Å². The highest BCUT2D eigenvalue weighted by Crippen LogP contribution is 2.60. The van der Waals surface area contributed by atoms with Crippen LogP contribution >= 0.6 is 0 Å². The summed E-state index contributed by atoms with van der Waals surface area (Å²) in [5.74, 6) is 1.03. The van der Waals surface area contributed by atoms with Crippen molar-refractivity contribution in [3.63, 3.8) is 0 Å². The molecule has 2 rings (SSSR count). The van der Waals surface area contributed by atoms with E-state index < -0.39 is 0 Å². The van der Waals surface area contributed by atoms with E-state index in [0.717, 1.165) is 51.4 Å². The van der Waals surface area contributed by atoms with Crippen LogP contribution in [0.3, 0.4) is 0 Å². The Morgan fingerprint density at radius 1 is 0.661 bits per heavy atom. The van der Waals surface area contributed by atoms with Crippen molar-refractivity contribution in [1.29, 1.82) is 0 Å². The van der Waals surface area contributed by atoms with Crippen molar-refractivity contribution in [3.8, 4) is 0 Å². The van der Waals surface area contributed by atoms with E-state index in [1.165, 1.54) is 178 Å². The van der Waals surface area contributed by atoms with E-state index in [4.69, 9.17) is 9.84 Å². The minimum Gasteiger partial charge on any atom is -0.461 e. The van der Waals surface area contributed by atoms with E-state index in [0.29, 0.717) is 31.5 Å². The Hall–Kier alpha value is -1.13. The number of carbonyl (C=O) groups is 1. The summed E-state index contributed by atoms with van der Waals surface area (Å²) in [4.78, 5) is 12.3. The van der Waals surface area contributed by atoms with Gasteiger partial charge in [0.15, 0.2) is 0 Å². The third kappa shape index (κ3) is 21.8. The lowest BCUT2D eigenvalue weighted by Crippen LogP contribution is -2.54. The van der Waals surface area contributed by atoms with Crippen molar-refractivity contribution >= 4 is 5.97 Å². The van der Waals surface area contributed by atoms with Crippen LogP contribution in [0.15, 0.2) is 23.3 Å². The van der Waals surface area contributed by atoms with Gasteiger partial charge in [0.1, 0.15) is 6.61 Å². The molecule has 4 atom stereocenters. The second kappa shape index (κ2) is 31.7. The molecule has 0 saturated heterocycles. The van der Waals surface area contributed by atoms with E-state index in [1.54, 1.807) is 0 Å². The van der Waals surface area contributed by atoms with Gasteiger partial charge in [0, 0.05) is 13.0 Å². The highest BCUT2D eigenvalue weighted by atomic mass is 16.5. The number of carbonyl (C=O) groups excluding carboxylic acids is 1. The first-order chi connectivity index (χ1) is 27.1. The van der Waals surface area contributed by atoms with Crippen LogP contribution in [0.2, 0.25) is 0 Å². The van der Waals surface area contributed by atoms with E-state index in [1.807, 2.05) is 0 Å². The van der Waals surface area contributed by atoms with Crippen LogP contribution in [0.5, 0.6) is 0 Å². The van der Waals surface area contributed by atoms with E-state index in [-0.39, 0.29) is 22.9 Å². The summed E-state index contributed by atoms with van der Waals surface area (Å²) in [6.45, 7) is 12.3. The normalized spacial score (nSPS) is 22.2. The number of rotatable bonds is 36. The maximum atomic E-state index is 12.3. The molecule has 4 heteroatoms. The lowest BCUT2D eigenvalue weighted by Gasteiger charge is -2.58. The summed E-state index contributed by atoms with van der Waals surface area (Å²) in [6, 6.07) is 0. The van der Waals surface area contributed by atoms with Crippen LogP contribution in [-0.2, 0) is 9.53 Å². The maximum absolute atomic E-state index is 12.3. The quantitative estimate of drug-likeness (QED) is 0.0377. The molecule has 4 nitrogen and oxygen atoms in total. The Morgan fingerprint density at radius 3 is 1.46 bits per heavy atom. The summed E-state index contributed by atoms with van der Waals surface area (Å²) >= 11 is 0. The third-order valence-corrected chi connectivity index (χ3v) is 14.6. The summed E-state index contributed by atoms with van der Waals surface area (Å²) < 4.78 is 5.58. The van der Waals surface area contributed by atoms with Crippen LogP contribution < -0.4 is 0 Å². The van der Waals surface area contributed by atoms with Crippen LogP contribution in [0.1, 0.15) is 259 Å². The molecule has 2 N–H and O–H groups in total. The lowest BCUT2D eigenvalue weighted by atomic mass is 9.47. The Balaban J connectivity index is 1.30. The number of allylic oxidation sites excluding steroid dienone is 3. The van der Waals surface area contributed by atoms with Gasteiger partial charge in [0.25, 0.3) is 0 Å². The Labute approximate surface area is 349 Å². The van der Waals surface area contributed by atoms with Gasteiger partial charge in [-0.05, 0) is 87.5 Å². The number of aliphatic hydroxyl groups excluding tert-OH is 2. The molecule has 0 aromatic rings. The third-order valence-electron chi connectivity index (χ3n) is 14.6. The Morgan fingerprint density at radius 2 is 1.05 bits per heavy atom. The van der Waals surface area contributed by atoms with Crippen LogP contribution in [0.25, 0.3) is 0 Å². The number of unbranched alkanes of at least 4 members (excludes halogenated alkanes) is 28. The zero-order chi connectivity index (χ0) is 40.7. The average molecular weight is 785 g/mol. The van der Waals surface area contributed by atoms with Crippen molar-refractivity contribution in [1.82, 2.24) is 0 Å². The predicted octanol–water partition coefficient (Wildman–Crippen LogP) is 15.7. The van der Waals surface area contributed by atoms with Gasteiger partial charge in [0.05, 0.1) is 6.10 Å². The van der Waals surface area contributed by atoms with Gasteiger partial charge in [-0.3, -0.25) is 4.79 Å². The van der Waals surface area contributed by atoms with Crippen molar-refractivity contribution in [2.75, 3.05) is 13.2 Å². The molecule has 4 unspecified atom stereocenters. The molecule has 2 aliphatic carbocycles. The van der Waals surface area contributed by atoms with Crippen LogP contribution in [-0.4, -0.2) is 35.5 Å². The first-order valence-corrected chi connectivity index (χ1v) is 24.9. The molecule has 0 aromatic carbocycles. The largest absolute Gasteiger partial charge is 0.461 e. The first-order valence-electron chi connectivity index (χ1n) is 24.9. The molecule has 0 radical (unpaired) electrons. The number of ether oxygens (including phenoxy) is 1. The fourth-order valence-corrected chi connectivity index (χ4v) is 10.6. The maximum Gasteiger partial charge on any atom is 0.306 e. The number of esters is 1. The van der Waals surface area contributed by atoms with Gasteiger partial charge in [-0.2, -0.15) is 0 Å². The predicted molar refractivity (Wildman–Crippen MR) is 242 cm³/mol. The lowest BCUT2D eigenvalue weighted by molar-refractivity contribution is -0.142. The number of hydrogen-bond donors (Lipinski definition) is 2. The Bertz CT molecular complexity index is 1030. The molecular weight excluding hydrogens is 689 g/mol. The molecule has 1 fully saturated rings. The van der Waals surface area contributed by atoms with Gasteiger partial charge in [-0.1, -0.05) is 211 Å². The van der Waals surface area contributed by atoms with Crippen molar-refractivity contribution < 1.29 is 19.7 Å². The molecule has 0 amide bonds. The van der Waals surface area contributed by atoms with Gasteiger partial charge < -0.3 is 14.9 Å². The standard InChI is InChI=1S/C52H96O4/c1-45(36-38-47-46(2)37-39-48-51(3,4)49(54)40-42-52(47,48)5)41-44-56-50(55)35-33-31-29-27-25-23-21-19-17-15-13-11-9-7-6-8-10-12-14-16-18-20-22-24-26-28-30-32-34-43-53/h37,41,47-49,53-54H,6-36,38-40,42-44H2,1-5H3. The molecule has 56 heavy (non-hydrogen) atoms. The summed E-state index contributed by atoms with van der Waals surface area (Å²) in [7, 11) is 0. The number of fused-ring (bicyclic) bond motifs is 1. The summed E-state index contributed by atoms with van der Waals surface area (Å²) in [5.41, 5.74) is 3.05. The Kier molecular flexibility index (Phi) is 28.9. The van der Waals surface area contributed by atoms with Crippen molar-refractivity contribution in [3.05, 3.63) is 23.3 Å². The fraction of sp³-hybridized carbons (Fsp3) is 0.904. The molecule has 0 bridgehead atoms. The zero-order valence-corrected chi connectivity index (χ0v) is 38.3. The smallest absolute Gasteiger partial charge is 0.306 e. The highest BCUT2D eigenvalue weighted by molar-refractivity contribution is 5.69. The molecule has 0 spiro atoms. The molecule has 0 aliphatic heterocycles. The fourth-order valence-electron chi connectivity index (χ4n) is 10.6. The van der Waals surface area contributed by atoms with Crippen LogP contribution in [0.4, 0.5) is 0 Å². The zero-order valence-electron chi connectivity index (χ0n) is 38.3. The van der Waals surface area contributed by atoms with Crippen molar-refractivity contribution in [2.45, 2.75) is 265 Å². The van der Waals surface area contributed by atoms with Gasteiger partial charge in [-0.15, -0.1) is 0 Å².